The van der Waals surface area contributed by atoms with Crippen molar-refractivity contribution >= 4 is 15.7 Å². The zero-order valence-corrected chi connectivity index (χ0v) is 14.8. The lowest BCUT2D eigenvalue weighted by atomic mass is 9.81. The minimum absolute atomic E-state index is 0.194. The number of hydrogen-bond acceptors (Lipinski definition) is 5. The van der Waals surface area contributed by atoms with Crippen LogP contribution >= 0.6 is 0 Å². The molecule has 2 saturated heterocycles. The fourth-order valence-electron chi connectivity index (χ4n) is 3.68. The molecule has 0 aliphatic carbocycles. The van der Waals surface area contributed by atoms with Crippen molar-refractivity contribution in [3.63, 3.8) is 0 Å². The van der Waals surface area contributed by atoms with E-state index in [-0.39, 0.29) is 5.41 Å². The molecule has 1 atom stereocenters. The highest BCUT2D eigenvalue weighted by Gasteiger charge is 2.41. The molecule has 2 heterocycles. The largest absolute Gasteiger partial charge is 0.379 e. The molecule has 1 unspecified atom stereocenters. The van der Waals surface area contributed by atoms with Crippen LogP contribution < -0.4 is 4.90 Å². The summed E-state index contributed by atoms with van der Waals surface area (Å²) in [5.41, 5.74) is 1.43. The van der Waals surface area contributed by atoms with E-state index in [0.29, 0.717) is 31.9 Å². The van der Waals surface area contributed by atoms with Crippen LogP contribution in [0, 0.1) is 16.7 Å². The van der Waals surface area contributed by atoms with Crippen molar-refractivity contribution < 1.29 is 13.2 Å². The lowest BCUT2D eigenvalue weighted by molar-refractivity contribution is 0.0352. The van der Waals surface area contributed by atoms with Crippen molar-refractivity contribution in [3.8, 4) is 6.07 Å². The average Bonchev–Trinajstić information content (AvgIpc) is 2.77. The smallest absolute Gasteiger partial charge is 0.211 e. The summed E-state index contributed by atoms with van der Waals surface area (Å²) >= 11 is 0. The molecule has 1 aromatic carbocycles. The Kier molecular flexibility index (Phi) is 4.81. The van der Waals surface area contributed by atoms with Gasteiger partial charge < -0.3 is 9.64 Å². The highest BCUT2D eigenvalue weighted by Crippen LogP contribution is 2.35. The van der Waals surface area contributed by atoms with Crippen LogP contribution in [0.1, 0.15) is 18.4 Å². The molecule has 0 N–H and O–H groups in total. The second-order valence-corrected chi connectivity index (χ2v) is 8.82. The van der Waals surface area contributed by atoms with E-state index in [1.165, 1.54) is 6.26 Å². The number of anilines is 1. The van der Waals surface area contributed by atoms with Gasteiger partial charge in [-0.25, -0.2) is 12.7 Å². The van der Waals surface area contributed by atoms with Crippen molar-refractivity contribution in [1.82, 2.24) is 4.31 Å². The molecule has 0 saturated carbocycles. The first-order valence-corrected chi connectivity index (χ1v) is 10.0. The quantitative estimate of drug-likeness (QED) is 0.808. The predicted octanol–water partition coefficient (Wildman–Crippen LogP) is 1.44. The van der Waals surface area contributed by atoms with Crippen LogP contribution in [0.25, 0.3) is 0 Å². The Morgan fingerprint density at radius 1 is 1.29 bits per heavy atom. The predicted molar refractivity (Wildman–Crippen MR) is 92.3 cm³/mol. The number of hydrogen-bond donors (Lipinski definition) is 0. The fourth-order valence-corrected chi connectivity index (χ4v) is 4.65. The van der Waals surface area contributed by atoms with E-state index in [4.69, 9.17) is 10.00 Å². The maximum atomic E-state index is 12.0. The summed E-state index contributed by atoms with van der Waals surface area (Å²) < 4.78 is 31.3. The van der Waals surface area contributed by atoms with E-state index in [2.05, 4.69) is 11.0 Å². The Morgan fingerprint density at radius 2 is 2.12 bits per heavy atom. The fraction of sp³-hybridized carbons (Fsp3) is 0.588. The molecule has 130 valence electrons. The van der Waals surface area contributed by atoms with Gasteiger partial charge in [-0.1, -0.05) is 6.07 Å². The summed E-state index contributed by atoms with van der Waals surface area (Å²) in [5, 5.41) is 9.12. The number of benzene rings is 1. The maximum absolute atomic E-state index is 12.0. The summed E-state index contributed by atoms with van der Waals surface area (Å²) in [6, 6.07) is 9.73. The number of rotatable bonds is 2. The van der Waals surface area contributed by atoms with Crippen molar-refractivity contribution in [3.05, 3.63) is 29.8 Å². The summed E-state index contributed by atoms with van der Waals surface area (Å²) in [5.74, 6) is 0. The molecular formula is C17H23N3O3S. The number of ether oxygens (including phenoxy) is 1. The van der Waals surface area contributed by atoms with Crippen LogP contribution in [0.15, 0.2) is 24.3 Å². The van der Waals surface area contributed by atoms with E-state index < -0.39 is 10.0 Å². The second kappa shape index (κ2) is 6.71. The van der Waals surface area contributed by atoms with E-state index in [9.17, 15) is 8.42 Å². The van der Waals surface area contributed by atoms with Crippen molar-refractivity contribution in [1.29, 1.82) is 5.26 Å². The van der Waals surface area contributed by atoms with Gasteiger partial charge in [-0.2, -0.15) is 5.26 Å². The van der Waals surface area contributed by atoms with Crippen LogP contribution in [0.4, 0.5) is 5.69 Å². The summed E-state index contributed by atoms with van der Waals surface area (Å²) in [6.07, 6.45) is 3.08. The van der Waals surface area contributed by atoms with E-state index in [1.807, 2.05) is 18.2 Å². The van der Waals surface area contributed by atoms with Crippen LogP contribution in [0.2, 0.25) is 0 Å². The third-order valence-electron chi connectivity index (χ3n) is 4.88. The maximum Gasteiger partial charge on any atom is 0.211 e. The molecule has 0 aromatic heterocycles. The highest BCUT2D eigenvalue weighted by molar-refractivity contribution is 7.88. The van der Waals surface area contributed by atoms with Gasteiger partial charge in [-0.3, -0.25) is 0 Å². The molecule has 3 rings (SSSR count). The van der Waals surface area contributed by atoms with Crippen molar-refractivity contribution in [2.24, 2.45) is 5.41 Å². The van der Waals surface area contributed by atoms with Gasteiger partial charge in [-0.15, -0.1) is 0 Å². The number of nitriles is 1. The van der Waals surface area contributed by atoms with Crippen LogP contribution in [-0.4, -0.2) is 58.4 Å². The first kappa shape index (κ1) is 17.2. The number of piperidine rings is 1. The molecule has 2 aliphatic rings. The molecule has 2 aliphatic heterocycles. The third kappa shape index (κ3) is 3.72. The van der Waals surface area contributed by atoms with Crippen molar-refractivity contribution in [2.75, 3.05) is 50.5 Å². The monoisotopic (exact) mass is 349 g/mol. The third-order valence-corrected chi connectivity index (χ3v) is 6.13. The van der Waals surface area contributed by atoms with Gasteiger partial charge in [0.1, 0.15) is 0 Å². The molecular weight excluding hydrogens is 326 g/mol. The molecule has 24 heavy (non-hydrogen) atoms. The minimum atomic E-state index is -3.19. The summed E-state index contributed by atoms with van der Waals surface area (Å²) in [6.45, 7) is 3.76. The van der Waals surface area contributed by atoms with Gasteiger partial charge in [0.2, 0.25) is 10.0 Å². The zero-order chi connectivity index (χ0) is 17.2. The summed E-state index contributed by atoms with van der Waals surface area (Å²) in [4.78, 5) is 2.22. The van der Waals surface area contributed by atoms with Gasteiger partial charge in [0.15, 0.2) is 0 Å². The van der Waals surface area contributed by atoms with E-state index in [0.717, 1.165) is 31.6 Å². The minimum Gasteiger partial charge on any atom is -0.379 e. The average molecular weight is 349 g/mol. The van der Waals surface area contributed by atoms with Gasteiger partial charge in [0, 0.05) is 37.3 Å². The van der Waals surface area contributed by atoms with Gasteiger partial charge >= 0.3 is 0 Å². The number of sulfonamides is 1. The standard InChI is InChI=1S/C17H23N3O3S/c1-24(21,22)20-7-3-6-17(13-20)12-19(8-9-23-14-17)16-5-2-4-15(10-16)11-18/h2,4-5,10H,3,6-9,12-14H2,1H3. The van der Waals surface area contributed by atoms with Crippen molar-refractivity contribution in [2.45, 2.75) is 12.8 Å². The SMILES string of the molecule is CS(=O)(=O)N1CCCC2(COCCN(c3cccc(C#N)c3)C2)C1. The zero-order valence-electron chi connectivity index (χ0n) is 13.9. The van der Waals surface area contributed by atoms with E-state index >= 15 is 0 Å². The lowest BCUT2D eigenvalue weighted by Gasteiger charge is -2.43. The molecule has 1 spiro atoms. The van der Waals surface area contributed by atoms with Crippen LogP contribution in [0.5, 0.6) is 0 Å². The molecule has 2 fully saturated rings. The second-order valence-electron chi connectivity index (χ2n) is 6.84. The Hall–Kier alpha value is -1.62. The molecule has 6 nitrogen and oxygen atoms in total. The molecule has 7 heteroatoms. The first-order valence-electron chi connectivity index (χ1n) is 8.20. The Balaban J connectivity index is 1.85. The van der Waals surface area contributed by atoms with Crippen LogP contribution in [-0.2, 0) is 14.8 Å². The number of nitrogens with zero attached hydrogens (tertiary/aromatic N) is 3. The van der Waals surface area contributed by atoms with E-state index in [1.54, 1.807) is 10.4 Å². The Morgan fingerprint density at radius 3 is 2.88 bits per heavy atom. The Labute approximate surface area is 143 Å². The first-order chi connectivity index (χ1) is 11.4. The molecule has 0 radical (unpaired) electrons. The molecule has 1 aromatic rings. The highest BCUT2D eigenvalue weighted by atomic mass is 32.2. The Bertz CT molecular complexity index is 744. The molecule has 0 amide bonds. The topological polar surface area (TPSA) is 73.6 Å². The normalized spacial score (nSPS) is 26.1. The van der Waals surface area contributed by atoms with Gasteiger partial charge in [0.25, 0.3) is 0 Å². The molecule has 0 bridgehead atoms. The van der Waals surface area contributed by atoms with Gasteiger partial charge in [0.05, 0.1) is 31.1 Å². The summed E-state index contributed by atoms with van der Waals surface area (Å²) in [7, 11) is -3.19. The van der Waals surface area contributed by atoms with Crippen LogP contribution in [0.3, 0.4) is 0 Å². The van der Waals surface area contributed by atoms with Gasteiger partial charge in [-0.05, 0) is 31.0 Å². The lowest BCUT2D eigenvalue weighted by Crippen LogP contribution is -2.52.